The first-order valence-corrected chi connectivity index (χ1v) is 10.6. The lowest BCUT2D eigenvalue weighted by Crippen LogP contribution is -2.39. The lowest BCUT2D eigenvalue weighted by Gasteiger charge is -2.29. The number of nitrogens with zero attached hydrogens (tertiary/aromatic N) is 5. The Kier molecular flexibility index (Phi) is 6.53. The molecule has 1 aliphatic heterocycles. The fourth-order valence-corrected chi connectivity index (χ4v) is 3.53. The van der Waals surface area contributed by atoms with Gasteiger partial charge in [-0.05, 0) is 50.5 Å². The van der Waals surface area contributed by atoms with E-state index in [-0.39, 0.29) is 6.17 Å². The van der Waals surface area contributed by atoms with Crippen molar-refractivity contribution < 1.29 is 4.39 Å². The maximum atomic E-state index is 14.5. The Morgan fingerprint density at radius 2 is 2.06 bits per heavy atom. The number of halogens is 2. The average Bonchev–Trinajstić information content (AvgIpc) is 2.77. The SMILES string of the molecule is CN(C)CCNC1=CC(Nc2cc(-c3cc(Cl)ccc3F)nc3ncccc23)N(C)C=N1. The van der Waals surface area contributed by atoms with Crippen molar-refractivity contribution in [1.82, 2.24) is 25.1 Å². The van der Waals surface area contributed by atoms with Gasteiger partial charge in [0.05, 0.1) is 12.0 Å². The molecule has 32 heavy (non-hydrogen) atoms. The molecule has 2 N–H and O–H groups in total. The number of hydrogen-bond donors (Lipinski definition) is 2. The number of rotatable bonds is 7. The van der Waals surface area contributed by atoms with Gasteiger partial charge in [0.2, 0.25) is 0 Å². The smallest absolute Gasteiger partial charge is 0.161 e. The summed E-state index contributed by atoms with van der Waals surface area (Å²) in [7, 11) is 6.00. The van der Waals surface area contributed by atoms with Crippen LogP contribution in [0.1, 0.15) is 0 Å². The quantitative estimate of drug-likeness (QED) is 0.567. The highest BCUT2D eigenvalue weighted by molar-refractivity contribution is 6.30. The molecule has 9 heteroatoms. The maximum absolute atomic E-state index is 14.5. The third kappa shape index (κ3) is 4.98. The number of nitrogens with one attached hydrogen (secondary N) is 2. The van der Waals surface area contributed by atoms with Crippen LogP contribution in [0.15, 0.2) is 59.5 Å². The van der Waals surface area contributed by atoms with Crippen LogP contribution in [0.2, 0.25) is 5.02 Å². The van der Waals surface area contributed by atoms with Crippen LogP contribution in [0.5, 0.6) is 0 Å². The van der Waals surface area contributed by atoms with Crippen molar-refractivity contribution in [1.29, 1.82) is 0 Å². The van der Waals surface area contributed by atoms with Crippen LogP contribution in [0.3, 0.4) is 0 Å². The fourth-order valence-electron chi connectivity index (χ4n) is 3.36. The van der Waals surface area contributed by atoms with Gasteiger partial charge in [-0.2, -0.15) is 0 Å². The lowest BCUT2D eigenvalue weighted by molar-refractivity contribution is 0.404. The molecule has 3 aromatic rings. The van der Waals surface area contributed by atoms with E-state index >= 15 is 0 Å². The monoisotopic (exact) mass is 453 g/mol. The van der Waals surface area contributed by atoms with Gasteiger partial charge in [-0.25, -0.2) is 19.4 Å². The van der Waals surface area contributed by atoms with Gasteiger partial charge in [0.1, 0.15) is 17.8 Å². The first-order chi connectivity index (χ1) is 15.4. The Morgan fingerprint density at radius 3 is 2.88 bits per heavy atom. The summed E-state index contributed by atoms with van der Waals surface area (Å²) in [6, 6.07) is 10.0. The van der Waals surface area contributed by atoms with Crippen LogP contribution in [0.25, 0.3) is 22.3 Å². The first-order valence-electron chi connectivity index (χ1n) is 10.2. The predicted octanol–water partition coefficient (Wildman–Crippen LogP) is 3.79. The number of benzene rings is 1. The molecule has 4 rings (SSSR count). The van der Waals surface area contributed by atoms with Gasteiger partial charge >= 0.3 is 0 Å². The van der Waals surface area contributed by atoms with Gasteiger partial charge in [0.25, 0.3) is 0 Å². The first kappa shape index (κ1) is 22.0. The molecule has 0 aliphatic carbocycles. The van der Waals surface area contributed by atoms with E-state index in [4.69, 9.17) is 11.6 Å². The van der Waals surface area contributed by atoms with Gasteiger partial charge in [-0.15, -0.1) is 0 Å². The number of hydrogen-bond acceptors (Lipinski definition) is 7. The number of pyridine rings is 2. The van der Waals surface area contributed by atoms with Crippen LogP contribution in [0.4, 0.5) is 10.1 Å². The van der Waals surface area contributed by atoms with Crippen molar-refractivity contribution in [2.45, 2.75) is 6.17 Å². The molecule has 0 fully saturated rings. The molecule has 1 unspecified atom stereocenters. The summed E-state index contributed by atoms with van der Waals surface area (Å²) in [6.07, 6.45) is 5.29. The second-order valence-electron chi connectivity index (χ2n) is 7.83. The summed E-state index contributed by atoms with van der Waals surface area (Å²) in [6.45, 7) is 1.68. The summed E-state index contributed by atoms with van der Waals surface area (Å²) >= 11 is 6.11. The third-order valence-corrected chi connectivity index (χ3v) is 5.33. The van der Waals surface area contributed by atoms with Crippen molar-refractivity contribution in [3.8, 4) is 11.3 Å². The van der Waals surface area contributed by atoms with Crippen molar-refractivity contribution in [3.05, 3.63) is 65.3 Å². The molecular weight excluding hydrogens is 429 g/mol. The molecule has 0 saturated heterocycles. The minimum absolute atomic E-state index is 0.169. The molecule has 166 valence electrons. The molecule has 1 aromatic carbocycles. The van der Waals surface area contributed by atoms with Crippen molar-refractivity contribution >= 4 is 34.7 Å². The molecule has 1 aliphatic rings. The Morgan fingerprint density at radius 1 is 1.22 bits per heavy atom. The Labute approximate surface area is 191 Å². The summed E-state index contributed by atoms with van der Waals surface area (Å²) in [5.74, 6) is 0.400. The van der Waals surface area contributed by atoms with E-state index in [0.717, 1.165) is 30.0 Å². The maximum Gasteiger partial charge on any atom is 0.161 e. The highest BCUT2D eigenvalue weighted by atomic mass is 35.5. The Hall–Kier alpha value is -3.23. The summed E-state index contributed by atoms with van der Waals surface area (Å²) in [5, 5.41) is 8.14. The molecule has 7 nitrogen and oxygen atoms in total. The van der Waals surface area contributed by atoms with Gasteiger partial charge < -0.3 is 20.4 Å². The van der Waals surface area contributed by atoms with Gasteiger partial charge in [-0.1, -0.05) is 11.6 Å². The second-order valence-corrected chi connectivity index (χ2v) is 8.27. The average molecular weight is 454 g/mol. The molecular formula is C23H25ClFN7. The largest absolute Gasteiger partial charge is 0.369 e. The fraction of sp³-hybridized carbons (Fsp3) is 0.261. The topological polar surface area (TPSA) is 68.7 Å². The summed E-state index contributed by atoms with van der Waals surface area (Å²) < 4.78 is 14.5. The van der Waals surface area contributed by atoms with Gasteiger partial charge in [0, 0.05) is 54.1 Å². The summed E-state index contributed by atoms with van der Waals surface area (Å²) in [5.41, 5.74) is 2.09. The molecule has 0 amide bonds. The second kappa shape index (κ2) is 9.50. The molecule has 0 radical (unpaired) electrons. The lowest BCUT2D eigenvalue weighted by atomic mass is 10.1. The van der Waals surface area contributed by atoms with E-state index < -0.39 is 5.82 Å². The molecule has 2 aromatic heterocycles. The highest BCUT2D eigenvalue weighted by Gasteiger charge is 2.18. The Balaban J connectivity index is 1.68. The van der Waals surface area contributed by atoms with E-state index in [1.807, 2.05) is 50.3 Å². The van der Waals surface area contributed by atoms with Crippen molar-refractivity contribution in [2.24, 2.45) is 4.99 Å². The normalized spacial score (nSPS) is 15.9. The van der Waals surface area contributed by atoms with Crippen LogP contribution < -0.4 is 10.6 Å². The van der Waals surface area contributed by atoms with Crippen LogP contribution >= 0.6 is 11.6 Å². The van der Waals surface area contributed by atoms with E-state index in [1.54, 1.807) is 18.6 Å². The van der Waals surface area contributed by atoms with Crippen molar-refractivity contribution in [2.75, 3.05) is 39.5 Å². The molecule has 0 saturated carbocycles. The zero-order valence-electron chi connectivity index (χ0n) is 18.2. The molecule has 0 spiro atoms. The minimum atomic E-state index is -0.391. The van der Waals surface area contributed by atoms with Crippen LogP contribution in [-0.2, 0) is 0 Å². The molecule has 3 heterocycles. The standard InChI is InChI=1S/C23H25ClFN7/c1-31(2)10-9-26-21-13-22(32(3)14-28-21)29-19-12-20(17-11-15(24)6-7-18(17)25)30-23-16(19)5-4-8-27-23/h4-8,11-14,22,26H,9-10H2,1-3H3,(H,27,29,30). The third-order valence-electron chi connectivity index (χ3n) is 5.09. The summed E-state index contributed by atoms with van der Waals surface area (Å²) in [4.78, 5) is 17.5. The van der Waals surface area contributed by atoms with E-state index in [1.165, 1.54) is 12.1 Å². The zero-order chi connectivity index (χ0) is 22.7. The number of aliphatic imine (C=N–C) groups is 1. The van der Waals surface area contributed by atoms with Gasteiger partial charge in [-0.3, -0.25) is 0 Å². The predicted molar refractivity (Wildman–Crippen MR) is 128 cm³/mol. The zero-order valence-corrected chi connectivity index (χ0v) is 18.9. The molecule has 1 atom stereocenters. The number of anilines is 1. The van der Waals surface area contributed by atoms with E-state index in [9.17, 15) is 4.39 Å². The van der Waals surface area contributed by atoms with E-state index in [2.05, 4.69) is 30.5 Å². The number of likely N-dealkylation sites (N-methyl/N-ethyl adjacent to an activating group) is 2. The van der Waals surface area contributed by atoms with Crippen molar-refractivity contribution in [3.63, 3.8) is 0 Å². The van der Waals surface area contributed by atoms with Crippen LogP contribution in [-0.4, -0.2) is 66.5 Å². The van der Waals surface area contributed by atoms with Gasteiger partial charge in [0.15, 0.2) is 5.65 Å². The van der Waals surface area contributed by atoms with Crippen LogP contribution in [0, 0.1) is 5.82 Å². The Bertz CT molecular complexity index is 1180. The number of aromatic nitrogens is 2. The molecule has 0 bridgehead atoms. The minimum Gasteiger partial charge on any atom is -0.369 e. The number of fused-ring (bicyclic) bond motifs is 1. The highest BCUT2D eigenvalue weighted by Crippen LogP contribution is 2.31. The van der Waals surface area contributed by atoms with E-state index in [0.29, 0.717) is 21.9 Å².